The molecule has 5 aliphatic rings. The molecule has 3 nitrogen and oxygen atoms in total. The van der Waals surface area contributed by atoms with Gasteiger partial charge in [0.05, 0.1) is 5.69 Å². The minimum absolute atomic E-state index is 0.914. The van der Waals surface area contributed by atoms with Crippen molar-refractivity contribution in [2.75, 3.05) is 26.2 Å². The first-order chi connectivity index (χ1) is 14.2. The maximum absolute atomic E-state index is 4.97. The molecule has 0 amide bonds. The van der Waals surface area contributed by atoms with Crippen molar-refractivity contribution in [2.24, 2.45) is 23.7 Å². The summed E-state index contributed by atoms with van der Waals surface area (Å²) in [5, 5.41) is 3.44. The maximum Gasteiger partial charge on any atom is 0.123 e. The lowest BCUT2D eigenvalue weighted by Gasteiger charge is -2.58. The fourth-order valence-corrected chi connectivity index (χ4v) is 8.16. The van der Waals surface area contributed by atoms with E-state index in [2.05, 4.69) is 46.4 Å². The Bertz CT molecular complexity index is 838. The number of thiazole rings is 1. The van der Waals surface area contributed by atoms with Gasteiger partial charge in [-0.1, -0.05) is 24.3 Å². The highest BCUT2D eigenvalue weighted by molar-refractivity contribution is 7.13. The molecule has 0 N–H and O–H groups in total. The average Bonchev–Trinajstić information content (AvgIpc) is 3.17. The monoisotopic (exact) mass is 407 g/mol. The van der Waals surface area contributed by atoms with Crippen molar-refractivity contribution in [3.8, 4) is 10.6 Å². The summed E-state index contributed by atoms with van der Waals surface area (Å²) in [6.45, 7) is 8.14. The molecular formula is C25H33N3S. The van der Waals surface area contributed by atoms with Crippen molar-refractivity contribution in [2.45, 2.75) is 51.6 Å². The lowest BCUT2D eigenvalue weighted by Crippen LogP contribution is -2.60. The van der Waals surface area contributed by atoms with Crippen LogP contribution in [0, 0.1) is 30.6 Å². The van der Waals surface area contributed by atoms with Crippen LogP contribution in [0.2, 0.25) is 0 Å². The molecule has 1 aliphatic heterocycles. The average molecular weight is 408 g/mol. The number of hydrogen-bond donors (Lipinski definition) is 0. The van der Waals surface area contributed by atoms with Gasteiger partial charge in [0.15, 0.2) is 0 Å². The summed E-state index contributed by atoms with van der Waals surface area (Å²) in [4.78, 5) is 10.5. The second kappa shape index (κ2) is 7.47. The molecule has 4 bridgehead atoms. The van der Waals surface area contributed by atoms with Crippen LogP contribution in [0.25, 0.3) is 10.6 Å². The zero-order valence-corrected chi connectivity index (χ0v) is 18.4. The lowest BCUT2D eigenvalue weighted by molar-refractivity contribution is -0.0769. The summed E-state index contributed by atoms with van der Waals surface area (Å²) in [5.41, 5.74) is 3.85. The van der Waals surface area contributed by atoms with Crippen LogP contribution in [0.1, 0.15) is 43.4 Å². The van der Waals surface area contributed by atoms with E-state index in [0.29, 0.717) is 0 Å². The second-order valence-electron chi connectivity index (χ2n) is 10.2. The van der Waals surface area contributed by atoms with Crippen molar-refractivity contribution in [1.82, 2.24) is 14.8 Å². The molecule has 0 radical (unpaired) electrons. The summed E-state index contributed by atoms with van der Waals surface area (Å²) in [6.07, 6.45) is 7.72. The quantitative estimate of drug-likeness (QED) is 0.706. The van der Waals surface area contributed by atoms with Crippen LogP contribution in [-0.2, 0) is 6.54 Å². The first-order valence-corrected chi connectivity index (χ1v) is 12.6. The summed E-state index contributed by atoms with van der Waals surface area (Å²) in [6, 6.07) is 9.52. The van der Waals surface area contributed by atoms with Crippen LogP contribution in [-0.4, -0.2) is 47.0 Å². The number of hydrogen-bond acceptors (Lipinski definition) is 4. The predicted octanol–water partition coefficient (Wildman–Crippen LogP) is 5.06. The highest BCUT2D eigenvalue weighted by Crippen LogP contribution is 2.55. The van der Waals surface area contributed by atoms with E-state index in [1.165, 1.54) is 48.0 Å². The minimum atomic E-state index is 0.914. The Morgan fingerprint density at radius 1 is 0.931 bits per heavy atom. The van der Waals surface area contributed by atoms with Gasteiger partial charge in [0.1, 0.15) is 5.01 Å². The van der Waals surface area contributed by atoms with Crippen molar-refractivity contribution in [3.05, 3.63) is 40.9 Å². The lowest BCUT2D eigenvalue weighted by atomic mass is 9.54. The minimum Gasteiger partial charge on any atom is -0.297 e. The van der Waals surface area contributed by atoms with Crippen LogP contribution in [0.3, 0.4) is 0 Å². The fraction of sp³-hybridized carbons (Fsp3) is 0.640. The van der Waals surface area contributed by atoms with Crippen molar-refractivity contribution in [3.63, 3.8) is 0 Å². The molecule has 2 heterocycles. The standard InChI is InChI=1S/C25H33N3S/c1-17-4-2-3-5-23(17)25-26-22(16-29-25)15-27-6-8-28(9-7-27)24-20-11-18-10-19(13-20)14-21(24)12-18/h2-5,16,18-21,24H,6-15H2,1H3. The summed E-state index contributed by atoms with van der Waals surface area (Å²) in [7, 11) is 0. The number of piperazine rings is 1. The van der Waals surface area contributed by atoms with Gasteiger partial charge in [-0.15, -0.1) is 11.3 Å². The highest BCUT2D eigenvalue weighted by Gasteiger charge is 2.50. The number of aromatic nitrogens is 1. The molecule has 5 fully saturated rings. The van der Waals surface area contributed by atoms with Crippen molar-refractivity contribution < 1.29 is 0 Å². The molecule has 0 atom stereocenters. The molecule has 0 spiro atoms. The van der Waals surface area contributed by atoms with E-state index in [9.17, 15) is 0 Å². The Morgan fingerprint density at radius 3 is 2.31 bits per heavy atom. The molecule has 154 valence electrons. The predicted molar refractivity (Wildman–Crippen MR) is 120 cm³/mol. The molecule has 1 saturated heterocycles. The molecule has 0 unspecified atom stereocenters. The third-order valence-corrected chi connectivity index (χ3v) is 9.24. The number of rotatable bonds is 4. The van der Waals surface area contributed by atoms with Gasteiger partial charge in [-0.25, -0.2) is 4.98 Å². The van der Waals surface area contributed by atoms with Crippen LogP contribution in [0.15, 0.2) is 29.6 Å². The Kier molecular flexibility index (Phi) is 4.78. The van der Waals surface area contributed by atoms with Crippen LogP contribution in [0.5, 0.6) is 0 Å². The van der Waals surface area contributed by atoms with E-state index >= 15 is 0 Å². The summed E-state index contributed by atoms with van der Waals surface area (Å²) < 4.78 is 0. The van der Waals surface area contributed by atoms with E-state index in [-0.39, 0.29) is 0 Å². The smallest absolute Gasteiger partial charge is 0.123 e. The largest absolute Gasteiger partial charge is 0.297 e. The molecule has 29 heavy (non-hydrogen) atoms. The van der Waals surface area contributed by atoms with Crippen molar-refractivity contribution >= 4 is 11.3 Å². The van der Waals surface area contributed by atoms with Gasteiger partial charge in [-0.3, -0.25) is 9.80 Å². The third kappa shape index (κ3) is 3.47. The molecule has 7 rings (SSSR count). The van der Waals surface area contributed by atoms with Gasteiger partial charge in [0.25, 0.3) is 0 Å². The zero-order chi connectivity index (χ0) is 19.4. The van der Waals surface area contributed by atoms with Gasteiger partial charge in [-0.05, 0) is 68.3 Å². The molecule has 1 aromatic carbocycles. The van der Waals surface area contributed by atoms with Gasteiger partial charge in [-0.2, -0.15) is 0 Å². The van der Waals surface area contributed by atoms with Gasteiger partial charge in [0.2, 0.25) is 0 Å². The third-order valence-electron chi connectivity index (χ3n) is 8.32. The zero-order valence-electron chi connectivity index (χ0n) is 17.6. The molecule has 4 aliphatic carbocycles. The second-order valence-corrected chi connectivity index (χ2v) is 11.1. The Morgan fingerprint density at radius 2 is 1.62 bits per heavy atom. The van der Waals surface area contributed by atoms with E-state index in [1.54, 1.807) is 43.4 Å². The molecule has 2 aromatic rings. The Hall–Kier alpha value is -1.23. The number of nitrogens with zero attached hydrogens (tertiary/aromatic N) is 3. The van der Waals surface area contributed by atoms with E-state index in [1.807, 2.05) is 0 Å². The number of benzene rings is 1. The normalized spacial score (nSPS) is 34.7. The molecule has 4 saturated carbocycles. The van der Waals surface area contributed by atoms with Gasteiger partial charge in [0, 0.05) is 49.7 Å². The SMILES string of the molecule is Cc1ccccc1-c1nc(CN2CCN(C3C4CC5CC(C4)CC3C5)CC2)cs1. The topological polar surface area (TPSA) is 19.4 Å². The summed E-state index contributed by atoms with van der Waals surface area (Å²) in [5.74, 6) is 4.21. The Labute approximate surface area is 179 Å². The first kappa shape index (κ1) is 18.5. The van der Waals surface area contributed by atoms with Crippen LogP contribution >= 0.6 is 11.3 Å². The van der Waals surface area contributed by atoms with Crippen LogP contribution < -0.4 is 0 Å². The Balaban J connectivity index is 1.07. The highest BCUT2D eigenvalue weighted by atomic mass is 32.1. The van der Waals surface area contributed by atoms with Gasteiger partial charge < -0.3 is 0 Å². The van der Waals surface area contributed by atoms with E-state index in [4.69, 9.17) is 4.98 Å². The summed E-state index contributed by atoms with van der Waals surface area (Å²) >= 11 is 1.80. The van der Waals surface area contributed by atoms with Crippen molar-refractivity contribution in [1.29, 1.82) is 0 Å². The maximum atomic E-state index is 4.97. The van der Waals surface area contributed by atoms with E-state index < -0.39 is 0 Å². The molecular weight excluding hydrogens is 374 g/mol. The van der Waals surface area contributed by atoms with E-state index in [0.717, 1.165) is 36.3 Å². The number of aryl methyl sites for hydroxylation is 1. The fourth-order valence-electron chi connectivity index (χ4n) is 7.26. The first-order valence-electron chi connectivity index (χ1n) is 11.7. The molecule has 4 heteroatoms. The van der Waals surface area contributed by atoms with Gasteiger partial charge >= 0.3 is 0 Å². The van der Waals surface area contributed by atoms with Crippen LogP contribution in [0.4, 0.5) is 0 Å². The molecule has 1 aromatic heterocycles.